The van der Waals surface area contributed by atoms with Crippen LogP contribution in [0.25, 0.3) is 0 Å². The van der Waals surface area contributed by atoms with Gasteiger partial charge in [0.15, 0.2) is 0 Å². The lowest BCUT2D eigenvalue weighted by Crippen LogP contribution is -1.77. The molecule has 0 unspecified atom stereocenters. The van der Waals surface area contributed by atoms with Crippen LogP contribution in [0.2, 0.25) is 0 Å². The summed E-state index contributed by atoms with van der Waals surface area (Å²) in [6, 6.07) is 0. The second-order valence-electron chi connectivity index (χ2n) is 3.02. The number of hydrogen-bond donors (Lipinski definition) is 0. The van der Waals surface area contributed by atoms with E-state index in [0.717, 1.165) is 4.43 Å². The van der Waals surface area contributed by atoms with Crippen LogP contribution in [0.3, 0.4) is 0 Å². The fraction of sp³-hybridized carbons (Fsp3) is 0.600. The van der Waals surface area contributed by atoms with Crippen LogP contribution in [0.5, 0.6) is 0 Å². The predicted octanol–water partition coefficient (Wildman–Crippen LogP) is 4.11. The third kappa shape index (κ3) is 8.11. The van der Waals surface area contributed by atoms with Gasteiger partial charge in [-0.1, -0.05) is 45.9 Å². The number of halogens is 1. The molecule has 0 rings (SSSR count). The Morgan fingerprint density at radius 2 is 1.82 bits per heavy atom. The van der Waals surface area contributed by atoms with Crippen LogP contribution in [-0.2, 0) is 0 Å². The van der Waals surface area contributed by atoms with Gasteiger partial charge >= 0.3 is 0 Å². The molecule has 0 aromatic rings. The first kappa shape index (κ1) is 11.2. The van der Waals surface area contributed by atoms with E-state index in [4.69, 9.17) is 0 Å². The van der Waals surface area contributed by atoms with E-state index in [1.807, 2.05) is 0 Å². The largest absolute Gasteiger partial charge is 0.0856 e. The van der Waals surface area contributed by atoms with Crippen molar-refractivity contribution < 1.29 is 0 Å². The molecule has 0 aliphatic heterocycles. The zero-order valence-corrected chi connectivity index (χ0v) is 9.81. The highest BCUT2D eigenvalue weighted by atomic mass is 127. The van der Waals surface area contributed by atoms with Gasteiger partial charge in [-0.2, -0.15) is 0 Å². The van der Waals surface area contributed by atoms with E-state index in [-0.39, 0.29) is 0 Å². The molecule has 0 fully saturated rings. The zero-order chi connectivity index (χ0) is 8.69. The Kier molecular flexibility index (Phi) is 7.02. The number of alkyl halides is 1. The molecule has 0 radical (unpaired) electrons. The standard InChI is InChI=1S/C10H17I/c1-9(2)5-4-6-10(3)7-8-11/h5,7H,4,6,8H2,1-3H3/b10-7-. The van der Waals surface area contributed by atoms with Crippen molar-refractivity contribution in [2.24, 2.45) is 0 Å². The summed E-state index contributed by atoms with van der Waals surface area (Å²) >= 11 is 2.38. The molecule has 0 saturated heterocycles. The molecule has 64 valence electrons. The van der Waals surface area contributed by atoms with Gasteiger partial charge in [-0.25, -0.2) is 0 Å². The molecule has 0 N–H and O–H groups in total. The third-order valence-electron chi connectivity index (χ3n) is 1.52. The lowest BCUT2D eigenvalue weighted by atomic mass is 10.1. The molecular formula is C10H17I. The summed E-state index contributed by atoms with van der Waals surface area (Å²) in [5.41, 5.74) is 2.93. The van der Waals surface area contributed by atoms with Gasteiger partial charge in [0.05, 0.1) is 0 Å². The van der Waals surface area contributed by atoms with Crippen molar-refractivity contribution in [3.05, 3.63) is 23.3 Å². The van der Waals surface area contributed by atoms with E-state index >= 15 is 0 Å². The fourth-order valence-electron chi connectivity index (χ4n) is 0.822. The monoisotopic (exact) mass is 264 g/mol. The highest BCUT2D eigenvalue weighted by Crippen LogP contribution is 2.06. The van der Waals surface area contributed by atoms with Gasteiger partial charge in [0.25, 0.3) is 0 Å². The van der Waals surface area contributed by atoms with E-state index in [1.54, 1.807) is 0 Å². The minimum Gasteiger partial charge on any atom is -0.0856 e. The molecule has 0 amide bonds. The molecule has 0 aromatic heterocycles. The summed E-state index contributed by atoms with van der Waals surface area (Å²) in [5, 5.41) is 0. The van der Waals surface area contributed by atoms with Crippen molar-refractivity contribution in [1.29, 1.82) is 0 Å². The second kappa shape index (κ2) is 6.89. The lowest BCUT2D eigenvalue weighted by molar-refractivity contribution is 0.965. The predicted molar refractivity (Wildman–Crippen MR) is 61.3 cm³/mol. The summed E-state index contributed by atoms with van der Waals surface area (Å²) in [7, 11) is 0. The van der Waals surface area contributed by atoms with Crippen LogP contribution < -0.4 is 0 Å². The van der Waals surface area contributed by atoms with Crippen molar-refractivity contribution >= 4 is 22.6 Å². The van der Waals surface area contributed by atoms with Crippen molar-refractivity contribution in [1.82, 2.24) is 0 Å². The number of hydrogen-bond acceptors (Lipinski definition) is 0. The first-order valence-corrected chi connectivity index (χ1v) is 5.54. The molecule has 0 spiro atoms. The third-order valence-corrected chi connectivity index (χ3v) is 1.96. The Hall–Kier alpha value is 0.210. The molecule has 0 atom stereocenters. The second-order valence-corrected chi connectivity index (χ2v) is 3.91. The van der Waals surface area contributed by atoms with Crippen molar-refractivity contribution in [3.8, 4) is 0 Å². The van der Waals surface area contributed by atoms with E-state index in [1.165, 1.54) is 24.0 Å². The van der Waals surface area contributed by atoms with E-state index in [0.29, 0.717) is 0 Å². The maximum atomic E-state index is 2.38. The molecule has 0 saturated carbocycles. The average Bonchev–Trinajstić information content (AvgIpc) is 1.87. The minimum absolute atomic E-state index is 1.14. The summed E-state index contributed by atoms with van der Waals surface area (Å²) < 4.78 is 1.14. The van der Waals surface area contributed by atoms with Crippen LogP contribution >= 0.6 is 22.6 Å². The highest BCUT2D eigenvalue weighted by Gasteiger charge is 1.86. The van der Waals surface area contributed by atoms with Gasteiger partial charge in [-0.05, 0) is 33.6 Å². The Labute approximate surface area is 83.9 Å². The Bertz CT molecular complexity index is 150. The van der Waals surface area contributed by atoms with Crippen LogP contribution in [0, 0.1) is 0 Å². The maximum Gasteiger partial charge on any atom is 0.0178 e. The summed E-state index contributed by atoms with van der Waals surface area (Å²) in [5.74, 6) is 0. The summed E-state index contributed by atoms with van der Waals surface area (Å²) in [6.45, 7) is 6.51. The number of allylic oxidation sites excluding steroid dienone is 4. The topological polar surface area (TPSA) is 0 Å². The van der Waals surface area contributed by atoms with Gasteiger partial charge in [0.2, 0.25) is 0 Å². The summed E-state index contributed by atoms with van der Waals surface area (Å²) in [6.07, 6.45) is 7.00. The lowest BCUT2D eigenvalue weighted by Gasteiger charge is -1.96. The van der Waals surface area contributed by atoms with E-state index in [9.17, 15) is 0 Å². The Balaban J connectivity index is 3.54. The number of rotatable bonds is 4. The summed E-state index contributed by atoms with van der Waals surface area (Å²) in [4.78, 5) is 0. The van der Waals surface area contributed by atoms with E-state index < -0.39 is 0 Å². The molecule has 0 aromatic carbocycles. The fourth-order valence-corrected chi connectivity index (χ4v) is 1.57. The van der Waals surface area contributed by atoms with Crippen molar-refractivity contribution in [3.63, 3.8) is 0 Å². The smallest absolute Gasteiger partial charge is 0.0178 e. The average molecular weight is 264 g/mol. The minimum atomic E-state index is 1.14. The van der Waals surface area contributed by atoms with Crippen molar-refractivity contribution in [2.75, 3.05) is 4.43 Å². The van der Waals surface area contributed by atoms with Gasteiger partial charge in [0, 0.05) is 4.43 Å². The molecule has 0 aliphatic rings. The van der Waals surface area contributed by atoms with Gasteiger partial charge in [0.1, 0.15) is 0 Å². The van der Waals surface area contributed by atoms with Crippen LogP contribution in [0.15, 0.2) is 23.3 Å². The molecule has 0 nitrogen and oxygen atoms in total. The van der Waals surface area contributed by atoms with Crippen LogP contribution in [-0.4, -0.2) is 4.43 Å². The van der Waals surface area contributed by atoms with Crippen molar-refractivity contribution in [2.45, 2.75) is 33.6 Å². The van der Waals surface area contributed by atoms with Gasteiger partial charge in [-0.15, -0.1) is 0 Å². The van der Waals surface area contributed by atoms with E-state index in [2.05, 4.69) is 55.5 Å². The highest BCUT2D eigenvalue weighted by molar-refractivity contribution is 14.1. The maximum absolute atomic E-state index is 2.38. The van der Waals surface area contributed by atoms with Gasteiger partial charge < -0.3 is 0 Å². The first-order chi connectivity index (χ1) is 5.16. The molecule has 0 aliphatic carbocycles. The first-order valence-electron chi connectivity index (χ1n) is 4.01. The molecule has 0 bridgehead atoms. The zero-order valence-electron chi connectivity index (χ0n) is 7.65. The van der Waals surface area contributed by atoms with Gasteiger partial charge in [-0.3, -0.25) is 0 Å². The Morgan fingerprint density at radius 1 is 1.18 bits per heavy atom. The van der Waals surface area contributed by atoms with Crippen LogP contribution in [0.1, 0.15) is 33.6 Å². The Morgan fingerprint density at radius 3 is 2.27 bits per heavy atom. The molecule has 0 heterocycles. The molecule has 1 heteroatoms. The molecule has 11 heavy (non-hydrogen) atoms. The quantitative estimate of drug-likeness (QED) is 0.407. The SMILES string of the molecule is CC(C)=CCC/C(C)=C\CI. The van der Waals surface area contributed by atoms with Crippen LogP contribution in [0.4, 0.5) is 0 Å². The molecular weight excluding hydrogens is 247 g/mol. The normalized spacial score (nSPS) is 11.5.